The van der Waals surface area contributed by atoms with E-state index in [4.69, 9.17) is 5.26 Å². The van der Waals surface area contributed by atoms with Gasteiger partial charge in [0.15, 0.2) is 0 Å². The van der Waals surface area contributed by atoms with Crippen molar-refractivity contribution in [2.45, 2.75) is 46.5 Å². The molecular weight excluding hydrogens is 194 g/mol. The second-order valence-corrected chi connectivity index (χ2v) is 5.34. The van der Waals surface area contributed by atoms with Gasteiger partial charge >= 0.3 is 0 Å². The Balaban J connectivity index is 2.77. The van der Waals surface area contributed by atoms with Gasteiger partial charge in [0.2, 0.25) is 0 Å². The van der Waals surface area contributed by atoms with Crippen molar-refractivity contribution in [1.82, 2.24) is 0 Å². The minimum absolute atomic E-state index is 0.0431. The molecule has 0 saturated carbocycles. The van der Waals surface area contributed by atoms with E-state index in [9.17, 15) is 0 Å². The molecule has 0 amide bonds. The van der Waals surface area contributed by atoms with Gasteiger partial charge in [-0.25, -0.2) is 0 Å². The highest BCUT2D eigenvalue weighted by Gasteiger charge is 2.14. The van der Waals surface area contributed by atoms with E-state index in [0.717, 1.165) is 5.57 Å². The van der Waals surface area contributed by atoms with Crippen LogP contribution < -0.4 is 0 Å². The van der Waals surface area contributed by atoms with E-state index in [2.05, 4.69) is 45.1 Å². The van der Waals surface area contributed by atoms with Crippen molar-refractivity contribution in [2.75, 3.05) is 0 Å². The van der Waals surface area contributed by atoms with E-state index in [1.54, 1.807) is 6.08 Å². The van der Waals surface area contributed by atoms with Gasteiger partial charge in [0.25, 0.3) is 0 Å². The van der Waals surface area contributed by atoms with Crippen LogP contribution in [-0.4, -0.2) is 0 Å². The van der Waals surface area contributed by atoms with Crippen LogP contribution in [0.2, 0.25) is 0 Å². The van der Waals surface area contributed by atoms with Gasteiger partial charge in [-0.15, -0.1) is 0 Å². The maximum absolute atomic E-state index is 8.76. The Morgan fingerprint density at radius 2 is 2.12 bits per heavy atom. The van der Waals surface area contributed by atoms with E-state index >= 15 is 0 Å². The first-order valence-corrected chi connectivity index (χ1v) is 6.01. The van der Waals surface area contributed by atoms with Crippen molar-refractivity contribution in [3.63, 3.8) is 0 Å². The zero-order chi connectivity index (χ0) is 12.0. The molecule has 0 atom stereocenters. The topological polar surface area (TPSA) is 23.8 Å². The molecule has 1 aliphatic rings. The summed E-state index contributed by atoms with van der Waals surface area (Å²) in [5.41, 5.74) is 2.56. The molecular formula is C15H21N. The smallest absolute Gasteiger partial charge is 0.0915 e. The van der Waals surface area contributed by atoms with Crippen LogP contribution in [0.5, 0.6) is 0 Å². The molecule has 0 aromatic carbocycles. The minimum atomic E-state index is 0.0431. The molecule has 0 aromatic rings. The second-order valence-electron chi connectivity index (χ2n) is 5.34. The van der Waals surface area contributed by atoms with Crippen molar-refractivity contribution in [1.29, 1.82) is 5.26 Å². The molecule has 0 N–H and O–H groups in total. The zero-order valence-corrected chi connectivity index (χ0v) is 10.6. The van der Waals surface area contributed by atoms with Gasteiger partial charge < -0.3 is 0 Å². The Bertz CT molecular complexity index is 356. The summed E-state index contributed by atoms with van der Waals surface area (Å²) in [6.07, 6.45) is 13.2. The Kier molecular flexibility index (Phi) is 4.55. The first-order chi connectivity index (χ1) is 7.54. The van der Waals surface area contributed by atoms with Crippen LogP contribution in [-0.2, 0) is 0 Å². The van der Waals surface area contributed by atoms with Crippen LogP contribution >= 0.6 is 0 Å². The standard InChI is InChI=1S/C15H21N/c1-15(2,3)14(11-12-16)10-9-13-7-5-4-6-8-13/h7,9-11H,4-6,8H2,1-3H3/b10-9+,14-11+. The average molecular weight is 215 g/mol. The minimum Gasteiger partial charge on any atom is -0.193 e. The quantitative estimate of drug-likeness (QED) is 0.490. The molecule has 16 heavy (non-hydrogen) atoms. The molecule has 0 fully saturated rings. The molecule has 86 valence electrons. The van der Waals surface area contributed by atoms with E-state index in [0.29, 0.717) is 0 Å². The van der Waals surface area contributed by atoms with E-state index < -0.39 is 0 Å². The lowest BCUT2D eigenvalue weighted by molar-refractivity contribution is 0.517. The molecule has 0 radical (unpaired) electrons. The summed E-state index contributed by atoms with van der Waals surface area (Å²) in [6, 6.07) is 2.13. The van der Waals surface area contributed by atoms with Gasteiger partial charge in [-0.05, 0) is 36.7 Å². The van der Waals surface area contributed by atoms with Gasteiger partial charge in [-0.1, -0.05) is 44.6 Å². The third-order valence-electron chi connectivity index (χ3n) is 2.89. The lowest BCUT2D eigenvalue weighted by Crippen LogP contribution is -2.07. The molecule has 1 nitrogen and oxygen atoms in total. The van der Waals surface area contributed by atoms with Gasteiger partial charge in [0, 0.05) is 6.08 Å². The van der Waals surface area contributed by atoms with E-state index in [1.807, 2.05) is 0 Å². The summed E-state index contributed by atoms with van der Waals surface area (Å²) in [5.74, 6) is 0. The normalized spacial score (nSPS) is 18.4. The van der Waals surface area contributed by atoms with Crippen LogP contribution in [0.15, 0.2) is 35.5 Å². The highest BCUT2D eigenvalue weighted by molar-refractivity contribution is 5.34. The fourth-order valence-electron chi connectivity index (χ4n) is 1.80. The Hall–Kier alpha value is -1.29. The molecule has 0 saturated heterocycles. The van der Waals surface area contributed by atoms with Gasteiger partial charge in [-0.2, -0.15) is 5.26 Å². The van der Waals surface area contributed by atoms with Crippen LogP contribution in [0, 0.1) is 16.7 Å². The number of rotatable bonds is 2. The summed E-state index contributed by atoms with van der Waals surface area (Å²) in [7, 11) is 0. The van der Waals surface area contributed by atoms with E-state index in [1.165, 1.54) is 31.3 Å². The monoisotopic (exact) mass is 215 g/mol. The highest BCUT2D eigenvalue weighted by Crippen LogP contribution is 2.27. The van der Waals surface area contributed by atoms with Crippen molar-refractivity contribution in [2.24, 2.45) is 5.41 Å². The third-order valence-corrected chi connectivity index (χ3v) is 2.89. The number of nitrogens with zero attached hydrogens (tertiary/aromatic N) is 1. The Morgan fingerprint density at radius 1 is 1.38 bits per heavy atom. The lowest BCUT2D eigenvalue weighted by Gasteiger charge is -2.19. The van der Waals surface area contributed by atoms with Crippen LogP contribution in [0.3, 0.4) is 0 Å². The van der Waals surface area contributed by atoms with Crippen molar-refractivity contribution >= 4 is 0 Å². The summed E-state index contributed by atoms with van der Waals surface area (Å²) in [5, 5.41) is 8.76. The third kappa shape index (κ3) is 4.06. The summed E-state index contributed by atoms with van der Waals surface area (Å²) < 4.78 is 0. The molecule has 0 spiro atoms. The van der Waals surface area contributed by atoms with Crippen molar-refractivity contribution in [3.8, 4) is 6.07 Å². The SMILES string of the molecule is CC(C)(C)C(/C=C/C1=CCCCC1)=C/C#N. The van der Waals surface area contributed by atoms with Crippen LogP contribution in [0.25, 0.3) is 0 Å². The number of nitriles is 1. The first kappa shape index (κ1) is 12.8. The van der Waals surface area contributed by atoms with Crippen molar-refractivity contribution < 1.29 is 0 Å². The zero-order valence-electron chi connectivity index (χ0n) is 10.6. The highest BCUT2D eigenvalue weighted by atomic mass is 14.2. The molecule has 0 bridgehead atoms. The predicted molar refractivity (Wildman–Crippen MR) is 68.8 cm³/mol. The fourth-order valence-corrected chi connectivity index (χ4v) is 1.80. The predicted octanol–water partition coefficient (Wildman–Crippen LogP) is 4.54. The fraction of sp³-hybridized carbons (Fsp3) is 0.533. The molecule has 0 aromatic heterocycles. The lowest BCUT2D eigenvalue weighted by atomic mass is 9.85. The maximum atomic E-state index is 8.76. The number of hydrogen-bond donors (Lipinski definition) is 0. The maximum Gasteiger partial charge on any atom is 0.0915 e. The average Bonchev–Trinajstić information content (AvgIpc) is 2.24. The summed E-state index contributed by atoms with van der Waals surface area (Å²) in [6.45, 7) is 6.40. The van der Waals surface area contributed by atoms with Crippen LogP contribution in [0.1, 0.15) is 46.5 Å². The van der Waals surface area contributed by atoms with Gasteiger partial charge in [0.1, 0.15) is 0 Å². The molecule has 1 heteroatoms. The Labute approximate surface area is 99.2 Å². The molecule has 0 aliphatic heterocycles. The first-order valence-electron chi connectivity index (χ1n) is 6.01. The Morgan fingerprint density at radius 3 is 2.62 bits per heavy atom. The van der Waals surface area contributed by atoms with Crippen LogP contribution in [0.4, 0.5) is 0 Å². The molecule has 0 unspecified atom stereocenters. The van der Waals surface area contributed by atoms with Gasteiger partial charge in [-0.3, -0.25) is 0 Å². The largest absolute Gasteiger partial charge is 0.193 e. The number of hydrogen-bond acceptors (Lipinski definition) is 1. The summed E-state index contributed by atoms with van der Waals surface area (Å²) in [4.78, 5) is 0. The second kappa shape index (κ2) is 5.70. The molecule has 1 rings (SSSR count). The number of allylic oxidation sites excluding steroid dienone is 6. The van der Waals surface area contributed by atoms with Gasteiger partial charge in [0.05, 0.1) is 6.07 Å². The molecule has 0 heterocycles. The molecule has 1 aliphatic carbocycles. The van der Waals surface area contributed by atoms with E-state index in [-0.39, 0.29) is 5.41 Å². The summed E-state index contributed by atoms with van der Waals surface area (Å²) >= 11 is 0. The van der Waals surface area contributed by atoms with Crippen molar-refractivity contribution in [3.05, 3.63) is 35.5 Å².